The van der Waals surface area contributed by atoms with E-state index < -0.39 is 0 Å². The van der Waals surface area contributed by atoms with Gasteiger partial charge in [-0.1, -0.05) is 69.7 Å². The Labute approximate surface area is 182 Å². The molecule has 1 atom stereocenters. The number of nitrogens with zero attached hydrogens (tertiary/aromatic N) is 5. The molecule has 2 aromatic carbocycles. The van der Waals surface area contributed by atoms with E-state index in [2.05, 4.69) is 57.3 Å². The number of hydrazone groups is 1. The Hall–Kier alpha value is -2.45. The van der Waals surface area contributed by atoms with Crippen molar-refractivity contribution in [3.63, 3.8) is 0 Å². The van der Waals surface area contributed by atoms with Crippen LogP contribution in [-0.2, 0) is 11.8 Å². The summed E-state index contributed by atoms with van der Waals surface area (Å²) in [5.74, 6) is 0.210. The summed E-state index contributed by atoms with van der Waals surface area (Å²) in [5.41, 5.74) is 4.22. The van der Waals surface area contributed by atoms with Crippen molar-refractivity contribution >= 4 is 39.3 Å². The zero-order chi connectivity index (χ0) is 20.4. The molecule has 0 spiro atoms. The maximum absolute atomic E-state index is 13.1. The Bertz CT molecular complexity index is 1050. The van der Waals surface area contributed by atoms with Crippen molar-refractivity contribution in [1.82, 2.24) is 19.8 Å². The number of rotatable bonds is 5. The Kier molecular flexibility index (Phi) is 5.82. The molecule has 4 rings (SSSR count). The minimum Gasteiger partial charge on any atom is -0.312 e. The Morgan fingerprint density at radius 1 is 1.17 bits per heavy atom. The molecule has 29 heavy (non-hydrogen) atoms. The number of aromatic nitrogens is 3. The van der Waals surface area contributed by atoms with Gasteiger partial charge in [0.1, 0.15) is 6.33 Å². The van der Waals surface area contributed by atoms with Crippen LogP contribution in [0, 0.1) is 6.92 Å². The molecule has 3 aromatic rings. The van der Waals surface area contributed by atoms with E-state index in [1.165, 1.54) is 17.3 Å². The number of carbonyl (C=O) groups is 1. The highest BCUT2D eigenvalue weighted by atomic mass is 79.9. The highest BCUT2D eigenvalue weighted by molar-refractivity contribution is 9.10. The molecule has 0 bridgehead atoms. The average molecular weight is 470 g/mol. The van der Waals surface area contributed by atoms with Gasteiger partial charge < -0.3 is 4.57 Å². The number of carbonyl (C=O) groups excluding carboxylic acids is 1. The third-order valence-corrected chi connectivity index (χ3v) is 6.35. The summed E-state index contributed by atoms with van der Waals surface area (Å²) in [7, 11) is 1.86. The lowest BCUT2D eigenvalue weighted by molar-refractivity contribution is -0.130. The number of amides is 1. The average Bonchev–Trinajstić information content (AvgIpc) is 3.34. The smallest absolute Gasteiger partial charge is 0.253 e. The topological polar surface area (TPSA) is 63.4 Å². The highest BCUT2D eigenvalue weighted by Crippen LogP contribution is 2.34. The normalized spacial score (nSPS) is 16.2. The zero-order valence-corrected chi connectivity index (χ0v) is 18.5. The summed E-state index contributed by atoms with van der Waals surface area (Å²) in [6, 6.07) is 16.2. The fourth-order valence-corrected chi connectivity index (χ4v) is 4.21. The van der Waals surface area contributed by atoms with Crippen molar-refractivity contribution < 1.29 is 4.79 Å². The van der Waals surface area contributed by atoms with Crippen LogP contribution in [-0.4, -0.2) is 37.1 Å². The fraction of sp³-hybridized carbons (Fsp3) is 0.238. The number of hydrogen-bond acceptors (Lipinski definition) is 5. The minimum absolute atomic E-state index is 0.0457. The highest BCUT2D eigenvalue weighted by Gasteiger charge is 2.33. The second-order valence-corrected chi connectivity index (χ2v) is 8.79. The minimum atomic E-state index is -0.109. The number of aryl methyl sites for hydroxylation is 2. The van der Waals surface area contributed by atoms with E-state index in [0.29, 0.717) is 11.6 Å². The predicted molar refractivity (Wildman–Crippen MR) is 118 cm³/mol. The van der Waals surface area contributed by atoms with Gasteiger partial charge in [-0.05, 0) is 30.2 Å². The summed E-state index contributed by atoms with van der Waals surface area (Å²) in [5, 5.41) is 15.0. The quantitative estimate of drug-likeness (QED) is 0.520. The van der Waals surface area contributed by atoms with E-state index in [4.69, 9.17) is 5.10 Å². The van der Waals surface area contributed by atoms with Gasteiger partial charge in [-0.3, -0.25) is 4.79 Å². The molecule has 1 aromatic heterocycles. The maximum Gasteiger partial charge on any atom is 0.253 e. The molecular weight excluding hydrogens is 450 g/mol. The third kappa shape index (κ3) is 4.43. The van der Waals surface area contributed by atoms with Gasteiger partial charge in [-0.25, -0.2) is 5.01 Å². The summed E-state index contributed by atoms with van der Waals surface area (Å²) >= 11 is 4.84. The first-order chi connectivity index (χ1) is 14.0. The molecule has 0 saturated carbocycles. The zero-order valence-electron chi connectivity index (χ0n) is 16.1. The molecule has 1 aliphatic rings. The van der Waals surface area contributed by atoms with Gasteiger partial charge in [0.25, 0.3) is 5.91 Å². The number of thioether (sulfide) groups is 1. The number of halogens is 1. The van der Waals surface area contributed by atoms with E-state index in [-0.39, 0.29) is 17.7 Å². The van der Waals surface area contributed by atoms with Crippen molar-refractivity contribution in [3.8, 4) is 0 Å². The Morgan fingerprint density at radius 3 is 2.55 bits per heavy atom. The monoisotopic (exact) mass is 469 g/mol. The largest absolute Gasteiger partial charge is 0.312 e. The van der Waals surface area contributed by atoms with E-state index in [0.717, 1.165) is 21.3 Å². The van der Waals surface area contributed by atoms with Gasteiger partial charge >= 0.3 is 0 Å². The van der Waals surface area contributed by atoms with Crippen LogP contribution in [0.1, 0.15) is 29.2 Å². The lowest BCUT2D eigenvalue weighted by Crippen LogP contribution is -2.28. The van der Waals surface area contributed by atoms with Gasteiger partial charge in [0, 0.05) is 17.9 Å². The van der Waals surface area contributed by atoms with Crippen LogP contribution >= 0.6 is 27.7 Å². The van der Waals surface area contributed by atoms with Crippen LogP contribution in [0.4, 0.5) is 0 Å². The summed E-state index contributed by atoms with van der Waals surface area (Å²) < 4.78 is 2.82. The molecule has 0 unspecified atom stereocenters. The van der Waals surface area contributed by atoms with Gasteiger partial charge in [0.15, 0.2) is 5.16 Å². The van der Waals surface area contributed by atoms with Crippen molar-refractivity contribution in [2.45, 2.75) is 24.5 Å². The van der Waals surface area contributed by atoms with Gasteiger partial charge in [0.05, 0.1) is 17.5 Å². The molecular formula is C21H20BrN5OS. The van der Waals surface area contributed by atoms with E-state index >= 15 is 0 Å². The van der Waals surface area contributed by atoms with E-state index in [1.807, 2.05) is 31.3 Å². The van der Waals surface area contributed by atoms with Gasteiger partial charge in [-0.2, -0.15) is 5.10 Å². The second kappa shape index (κ2) is 8.51. The molecule has 1 amide bonds. The molecule has 2 heterocycles. The molecule has 0 saturated heterocycles. The van der Waals surface area contributed by atoms with E-state index in [9.17, 15) is 4.79 Å². The van der Waals surface area contributed by atoms with Crippen molar-refractivity contribution in [3.05, 3.63) is 76.0 Å². The van der Waals surface area contributed by atoms with Gasteiger partial charge in [-0.15, -0.1) is 10.2 Å². The van der Waals surface area contributed by atoms with Crippen molar-refractivity contribution in [2.75, 3.05) is 5.75 Å². The lowest BCUT2D eigenvalue weighted by Gasteiger charge is -2.22. The van der Waals surface area contributed by atoms with Crippen LogP contribution < -0.4 is 0 Å². The number of benzene rings is 2. The SMILES string of the molecule is Cc1ccc([C@H]2CC(c3ccc(Br)cc3)=NN2C(=O)CSc2nncn2C)cc1. The van der Waals surface area contributed by atoms with Crippen molar-refractivity contribution in [2.24, 2.45) is 12.1 Å². The second-order valence-electron chi connectivity index (χ2n) is 6.94. The molecule has 0 aliphatic carbocycles. The van der Waals surface area contributed by atoms with Crippen LogP contribution in [0.25, 0.3) is 0 Å². The summed E-state index contributed by atoms with van der Waals surface area (Å²) in [6.45, 7) is 2.06. The fourth-order valence-electron chi connectivity index (χ4n) is 3.20. The Morgan fingerprint density at radius 2 is 1.90 bits per heavy atom. The molecule has 0 radical (unpaired) electrons. The third-order valence-electron chi connectivity index (χ3n) is 4.80. The van der Waals surface area contributed by atoms with Crippen LogP contribution in [0.15, 0.2) is 69.6 Å². The first-order valence-corrected chi connectivity index (χ1v) is 11.0. The molecule has 6 nitrogen and oxygen atoms in total. The molecule has 0 fully saturated rings. The van der Waals surface area contributed by atoms with E-state index in [1.54, 1.807) is 15.9 Å². The maximum atomic E-state index is 13.1. The molecule has 148 valence electrons. The molecule has 8 heteroatoms. The van der Waals surface area contributed by atoms with Crippen LogP contribution in [0.2, 0.25) is 0 Å². The van der Waals surface area contributed by atoms with Crippen molar-refractivity contribution in [1.29, 1.82) is 0 Å². The predicted octanol–water partition coefficient (Wildman–Crippen LogP) is 4.36. The first kappa shape index (κ1) is 19.8. The molecule has 1 aliphatic heterocycles. The summed E-state index contributed by atoms with van der Waals surface area (Å²) in [6.07, 6.45) is 2.31. The van der Waals surface area contributed by atoms with Crippen LogP contribution in [0.3, 0.4) is 0 Å². The Balaban J connectivity index is 1.59. The lowest BCUT2D eigenvalue weighted by atomic mass is 9.98. The summed E-state index contributed by atoms with van der Waals surface area (Å²) in [4.78, 5) is 13.1. The standard InChI is InChI=1S/C21H20BrN5OS/c1-14-3-5-16(6-4-14)19-11-18(15-7-9-17(22)10-8-15)25-27(19)20(28)12-29-21-24-23-13-26(21)2/h3-10,13,19H,11-12H2,1-2H3/t19-/m1/s1. The molecule has 0 N–H and O–H groups in total. The van der Waals surface area contributed by atoms with Gasteiger partial charge in [0.2, 0.25) is 0 Å². The van der Waals surface area contributed by atoms with Crippen LogP contribution in [0.5, 0.6) is 0 Å². The number of hydrogen-bond donors (Lipinski definition) is 0. The first-order valence-electron chi connectivity index (χ1n) is 9.20.